The predicted octanol–water partition coefficient (Wildman–Crippen LogP) is -0.504. The number of hydrogen-bond acceptors (Lipinski definition) is 7. The number of sulfonamides is 1. The molecule has 0 aliphatic carbocycles. The van der Waals surface area contributed by atoms with Gasteiger partial charge in [0.15, 0.2) is 4.90 Å². The highest BCUT2D eigenvalue weighted by molar-refractivity contribution is 7.89. The largest absolute Gasteiger partial charge is 0.364 e. The van der Waals surface area contributed by atoms with Crippen molar-refractivity contribution in [1.82, 2.24) is 10.0 Å². The standard InChI is InChI=1S/C14H20N4O6S/c15-9-10-5-6-12(24-10)14(19)16-7-8-17-25(22,23)13-4-2-1-3-11(13)18(20)21/h1-4,10,12,17H,5-9,15H2,(H,16,19)/t10-,12+/m1/s1. The average molecular weight is 372 g/mol. The van der Waals surface area contributed by atoms with Crippen molar-refractivity contribution in [3.63, 3.8) is 0 Å². The highest BCUT2D eigenvalue weighted by Gasteiger charge is 2.29. The van der Waals surface area contributed by atoms with Crippen LogP contribution in [0.1, 0.15) is 12.8 Å². The van der Waals surface area contributed by atoms with Crippen molar-refractivity contribution < 1.29 is 22.9 Å². The van der Waals surface area contributed by atoms with Crippen molar-refractivity contribution in [2.75, 3.05) is 19.6 Å². The molecule has 0 spiro atoms. The molecule has 1 aliphatic rings. The van der Waals surface area contributed by atoms with Crippen LogP contribution in [0.5, 0.6) is 0 Å². The van der Waals surface area contributed by atoms with Crippen LogP contribution in [0.2, 0.25) is 0 Å². The summed E-state index contributed by atoms with van der Waals surface area (Å²) in [5.74, 6) is -0.333. The predicted molar refractivity (Wildman–Crippen MR) is 88.2 cm³/mol. The van der Waals surface area contributed by atoms with Gasteiger partial charge in [-0.05, 0) is 18.9 Å². The smallest absolute Gasteiger partial charge is 0.289 e. The Labute approximate surface area is 144 Å². The van der Waals surface area contributed by atoms with Gasteiger partial charge in [-0.15, -0.1) is 0 Å². The fourth-order valence-electron chi connectivity index (χ4n) is 2.47. The van der Waals surface area contributed by atoms with E-state index in [-0.39, 0.29) is 25.1 Å². The zero-order valence-electron chi connectivity index (χ0n) is 13.4. The van der Waals surface area contributed by atoms with E-state index in [2.05, 4.69) is 10.0 Å². The summed E-state index contributed by atoms with van der Waals surface area (Å²) in [5.41, 5.74) is 4.96. The second-order valence-electron chi connectivity index (χ2n) is 5.47. The fraction of sp³-hybridized carbons (Fsp3) is 0.500. The number of nitrogens with zero attached hydrogens (tertiary/aromatic N) is 1. The number of carbonyl (C=O) groups excluding carboxylic acids is 1. The van der Waals surface area contributed by atoms with Gasteiger partial charge in [-0.2, -0.15) is 0 Å². The van der Waals surface area contributed by atoms with Crippen molar-refractivity contribution in [2.45, 2.75) is 29.9 Å². The van der Waals surface area contributed by atoms with E-state index in [1.165, 1.54) is 12.1 Å². The lowest BCUT2D eigenvalue weighted by Crippen LogP contribution is -2.40. The highest BCUT2D eigenvalue weighted by atomic mass is 32.2. The lowest BCUT2D eigenvalue weighted by Gasteiger charge is -2.13. The Hall–Kier alpha value is -2.08. The van der Waals surface area contributed by atoms with Gasteiger partial charge in [-0.25, -0.2) is 13.1 Å². The van der Waals surface area contributed by atoms with E-state index in [0.29, 0.717) is 19.4 Å². The van der Waals surface area contributed by atoms with Crippen LogP contribution in [0.3, 0.4) is 0 Å². The zero-order valence-corrected chi connectivity index (χ0v) is 14.2. The fourth-order valence-corrected chi connectivity index (χ4v) is 3.67. The molecule has 0 aromatic heterocycles. The summed E-state index contributed by atoms with van der Waals surface area (Å²) in [6.07, 6.45) is 0.558. The van der Waals surface area contributed by atoms with Crippen molar-refractivity contribution >= 4 is 21.6 Å². The van der Waals surface area contributed by atoms with Crippen LogP contribution in [0.25, 0.3) is 0 Å². The number of para-hydroxylation sites is 1. The molecule has 4 N–H and O–H groups in total. The SMILES string of the molecule is NC[C@H]1CC[C@@H](C(=O)NCCNS(=O)(=O)c2ccccc2[N+](=O)[O-])O1. The highest BCUT2D eigenvalue weighted by Crippen LogP contribution is 2.22. The van der Waals surface area contributed by atoms with Gasteiger partial charge >= 0.3 is 0 Å². The van der Waals surface area contributed by atoms with Gasteiger partial charge in [0.1, 0.15) is 6.10 Å². The monoisotopic (exact) mass is 372 g/mol. The molecule has 10 nitrogen and oxygen atoms in total. The number of ether oxygens (including phenoxy) is 1. The maximum Gasteiger partial charge on any atom is 0.289 e. The number of amides is 1. The Bertz CT molecular complexity index is 739. The Morgan fingerprint density at radius 2 is 2.04 bits per heavy atom. The Kier molecular flexibility index (Phi) is 6.42. The summed E-state index contributed by atoms with van der Waals surface area (Å²) in [6, 6.07) is 5.04. The normalized spacial score (nSPS) is 20.4. The van der Waals surface area contributed by atoms with Crippen LogP contribution in [-0.2, 0) is 19.6 Å². The summed E-state index contributed by atoms with van der Waals surface area (Å²) in [4.78, 5) is 21.6. The van der Waals surface area contributed by atoms with Crippen LogP contribution >= 0.6 is 0 Å². The molecule has 138 valence electrons. The maximum atomic E-state index is 12.2. The van der Waals surface area contributed by atoms with Crippen molar-refractivity contribution in [3.8, 4) is 0 Å². The van der Waals surface area contributed by atoms with E-state index in [0.717, 1.165) is 12.1 Å². The molecule has 0 unspecified atom stereocenters. The number of nitro groups is 1. The summed E-state index contributed by atoms with van der Waals surface area (Å²) in [7, 11) is -4.06. The molecule has 1 saturated heterocycles. The third kappa shape index (κ3) is 4.95. The van der Waals surface area contributed by atoms with E-state index >= 15 is 0 Å². The first kappa shape index (κ1) is 19.2. The first-order valence-corrected chi connectivity index (χ1v) is 9.20. The van der Waals surface area contributed by atoms with Crippen LogP contribution < -0.4 is 15.8 Å². The molecule has 1 aromatic carbocycles. The van der Waals surface area contributed by atoms with Crippen molar-refractivity contribution in [1.29, 1.82) is 0 Å². The van der Waals surface area contributed by atoms with Crippen molar-refractivity contribution in [3.05, 3.63) is 34.4 Å². The number of nitrogens with two attached hydrogens (primary N) is 1. The summed E-state index contributed by atoms with van der Waals surface area (Å²) in [6.45, 7) is 0.276. The maximum absolute atomic E-state index is 12.2. The van der Waals surface area contributed by atoms with E-state index in [4.69, 9.17) is 10.5 Å². The number of rotatable bonds is 8. The molecule has 1 heterocycles. The topological polar surface area (TPSA) is 154 Å². The molecule has 1 fully saturated rings. The summed E-state index contributed by atoms with van der Waals surface area (Å²) in [5, 5.41) is 13.5. The number of nitro benzene ring substituents is 1. The third-order valence-corrected chi connectivity index (χ3v) is 5.24. The minimum atomic E-state index is -4.06. The Morgan fingerprint density at radius 1 is 1.32 bits per heavy atom. The van der Waals surface area contributed by atoms with E-state index < -0.39 is 31.6 Å². The summed E-state index contributed by atoms with van der Waals surface area (Å²) < 4.78 is 32.0. The molecule has 0 radical (unpaired) electrons. The van der Waals surface area contributed by atoms with Gasteiger partial charge in [-0.3, -0.25) is 14.9 Å². The van der Waals surface area contributed by atoms with Gasteiger partial charge in [-0.1, -0.05) is 12.1 Å². The second-order valence-corrected chi connectivity index (χ2v) is 7.21. The molecule has 1 aromatic rings. The van der Waals surface area contributed by atoms with E-state index in [9.17, 15) is 23.3 Å². The van der Waals surface area contributed by atoms with Crippen molar-refractivity contribution in [2.24, 2.45) is 5.73 Å². The molecule has 1 amide bonds. The third-order valence-electron chi connectivity index (χ3n) is 3.73. The molecular formula is C14H20N4O6S. The molecule has 0 bridgehead atoms. The molecule has 25 heavy (non-hydrogen) atoms. The van der Waals surface area contributed by atoms with Gasteiger partial charge in [0.25, 0.3) is 5.69 Å². The molecule has 2 atom stereocenters. The second kappa shape index (κ2) is 8.34. The van der Waals surface area contributed by atoms with Gasteiger partial charge < -0.3 is 15.8 Å². The van der Waals surface area contributed by atoms with Gasteiger partial charge in [0, 0.05) is 25.7 Å². The van der Waals surface area contributed by atoms with Crippen LogP contribution in [-0.4, -0.2) is 51.1 Å². The zero-order chi connectivity index (χ0) is 18.4. The van der Waals surface area contributed by atoms with Crippen LogP contribution in [0.15, 0.2) is 29.2 Å². The van der Waals surface area contributed by atoms with Crippen LogP contribution in [0.4, 0.5) is 5.69 Å². The lowest BCUT2D eigenvalue weighted by atomic mass is 10.2. The number of carbonyl (C=O) groups is 1. The quantitative estimate of drug-likeness (QED) is 0.315. The first-order chi connectivity index (χ1) is 11.8. The van der Waals surface area contributed by atoms with E-state index in [1.54, 1.807) is 0 Å². The average Bonchev–Trinajstić information content (AvgIpc) is 3.08. The lowest BCUT2D eigenvalue weighted by molar-refractivity contribution is -0.387. The molecule has 1 aliphatic heterocycles. The van der Waals surface area contributed by atoms with E-state index in [1.807, 2.05) is 0 Å². The minimum absolute atomic E-state index is 0.0336. The van der Waals surface area contributed by atoms with Crippen LogP contribution in [0, 0.1) is 10.1 Å². The molecule has 11 heteroatoms. The molecular weight excluding hydrogens is 352 g/mol. The molecule has 2 rings (SSSR count). The minimum Gasteiger partial charge on any atom is -0.364 e. The van der Waals surface area contributed by atoms with Gasteiger partial charge in [0.2, 0.25) is 15.9 Å². The number of hydrogen-bond donors (Lipinski definition) is 3. The first-order valence-electron chi connectivity index (χ1n) is 7.71. The van der Waals surface area contributed by atoms with Gasteiger partial charge in [0.05, 0.1) is 11.0 Å². The molecule has 0 saturated carbocycles. The Morgan fingerprint density at radius 3 is 2.68 bits per heavy atom. The number of nitrogens with one attached hydrogen (secondary N) is 2. The number of benzene rings is 1. The Balaban J connectivity index is 1.85. The summed E-state index contributed by atoms with van der Waals surface area (Å²) >= 11 is 0.